The summed E-state index contributed by atoms with van der Waals surface area (Å²) in [5.74, 6) is 0.238. The van der Waals surface area contributed by atoms with Gasteiger partial charge in [0.2, 0.25) is 5.91 Å². The van der Waals surface area contributed by atoms with E-state index >= 15 is 0 Å². The number of amides is 1. The number of carbonyl (C=O) groups is 1. The van der Waals surface area contributed by atoms with Crippen LogP contribution in [0.4, 0.5) is 0 Å². The van der Waals surface area contributed by atoms with Gasteiger partial charge in [-0.2, -0.15) is 0 Å². The quantitative estimate of drug-likeness (QED) is 0.800. The summed E-state index contributed by atoms with van der Waals surface area (Å²) in [7, 11) is 2.07. The highest BCUT2D eigenvalue weighted by Crippen LogP contribution is 2.31. The number of nitrogens with one attached hydrogen (secondary N) is 1. The summed E-state index contributed by atoms with van der Waals surface area (Å²) >= 11 is 0. The second kappa shape index (κ2) is 4.60. The highest BCUT2D eigenvalue weighted by atomic mass is 16.2. The van der Waals surface area contributed by atoms with Gasteiger partial charge in [0, 0.05) is 5.54 Å². The first kappa shape index (κ1) is 12.9. The first-order valence-corrected chi connectivity index (χ1v) is 7.00. The normalized spacial score (nSPS) is 33.6. The van der Waals surface area contributed by atoms with E-state index in [-0.39, 0.29) is 17.0 Å². The van der Waals surface area contributed by atoms with Crippen molar-refractivity contribution in [2.75, 3.05) is 13.6 Å². The van der Waals surface area contributed by atoms with Crippen LogP contribution in [0.3, 0.4) is 0 Å². The minimum atomic E-state index is -0.277. The molecule has 0 aromatic rings. The number of rotatable bonds is 2. The topological polar surface area (TPSA) is 32.3 Å². The van der Waals surface area contributed by atoms with Crippen molar-refractivity contribution >= 4 is 5.91 Å². The van der Waals surface area contributed by atoms with Crippen molar-refractivity contribution in [2.24, 2.45) is 0 Å². The highest BCUT2D eigenvalue weighted by Gasteiger charge is 2.43. The molecular weight excluding hydrogens is 212 g/mol. The second-order valence-electron chi connectivity index (χ2n) is 6.37. The zero-order chi connectivity index (χ0) is 12.5. The maximum atomic E-state index is 12.5. The van der Waals surface area contributed by atoms with Crippen molar-refractivity contribution in [1.29, 1.82) is 0 Å². The zero-order valence-corrected chi connectivity index (χ0v) is 11.5. The van der Waals surface area contributed by atoms with Crippen LogP contribution in [0.2, 0.25) is 0 Å². The smallest absolute Gasteiger partial charge is 0.240 e. The Labute approximate surface area is 105 Å². The molecule has 2 aliphatic rings. The average Bonchev–Trinajstić information content (AvgIpc) is 2.61. The lowest BCUT2D eigenvalue weighted by atomic mass is 9.82. The first-order chi connectivity index (χ1) is 7.96. The van der Waals surface area contributed by atoms with Crippen LogP contribution in [0.15, 0.2) is 0 Å². The Balaban J connectivity index is 2.00. The molecule has 1 amide bonds. The van der Waals surface area contributed by atoms with Crippen LogP contribution in [0, 0.1) is 0 Å². The summed E-state index contributed by atoms with van der Waals surface area (Å²) in [5, 5.41) is 3.33. The van der Waals surface area contributed by atoms with Gasteiger partial charge in [-0.25, -0.2) is 0 Å². The molecular formula is C14H26N2O. The maximum absolute atomic E-state index is 12.5. The van der Waals surface area contributed by atoms with Crippen LogP contribution in [-0.2, 0) is 4.79 Å². The molecule has 1 N–H and O–H groups in total. The van der Waals surface area contributed by atoms with Crippen LogP contribution in [0.25, 0.3) is 0 Å². The molecule has 1 saturated carbocycles. The van der Waals surface area contributed by atoms with Gasteiger partial charge in [0.05, 0.1) is 5.54 Å². The summed E-state index contributed by atoms with van der Waals surface area (Å²) in [4.78, 5) is 14.7. The van der Waals surface area contributed by atoms with Gasteiger partial charge >= 0.3 is 0 Å². The minimum Gasteiger partial charge on any atom is -0.349 e. The van der Waals surface area contributed by atoms with Crippen molar-refractivity contribution < 1.29 is 4.79 Å². The lowest BCUT2D eigenvalue weighted by molar-refractivity contribution is -0.132. The summed E-state index contributed by atoms with van der Waals surface area (Å²) in [5.41, 5.74) is -0.234. The molecule has 0 aromatic carbocycles. The molecule has 3 nitrogen and oxygen atoms in total. The van der Waals surface area contributed by atoms with Crippen LogP contribution in [-0.4, -0.2) is 35.5 Å². The maximum Gasteiger partial charge on any atom is 0.240 e. The van der Waals surface area contributed by atoms with E-state index in [9.17, 15) is 4.79 Å². The van der Waals surface area contributed by atoms with E-state index in [0.717, 1.165) is 32.2 Å². The van der Waals surface area contributed by atoms with E-state index in [0.29, 0.717) is 0 Å². The molecule has 0 aromatic heterocycles. The number of nitrogens with zero attached hydrogens (tertiary/aromatic N) is 1. The predicted octanol–water partition coefficient (Wildman–Crippen LogP) is 2.31. The van der Waals surface area contributed by atoms with E-state index in [1.165, 1.54) is 19.3 Å². The molecule has 1 atom stereocenters. The number of hydrogen-bond donors (Lipinski definition) is 1. The van der Waals surface area contributed by atoms with Crippen molar-refractivity contribution in [2.45, 2.75) is 69.9 Å². The molecule has 2 fully saturated rings. The van der Waals surface area contributed by atoms with Gasteiger partial charge in [-0.05, 0) is 53.1 Å². The first-order valence-electron chi connectivity index (χ1n) is 7.00. The van der Waals surface area contributed by atoms with Gasteiger partial charge in [-0.1, -0.05) is 19.3 Å². The Morgan fingerprint density at radius 1 is 1.06 bits per heavy atom. The molecule has 98 valence electrons. The predicted molar refractivity (Wildman–Crippen MR) is 69.9 cm³/mol. The lowest BCUT2D eigenvalue weighted by Gasteiger charge is -2.39. The fraction of sp³-hybridized carbons (Fsp3) is 0.929. The minimum absolute atomic E-state index is 0.0434. The molecule has 0 bridgehead atoms. The fourth-order valence-electron chi connectivity index (χ4n) is 3.25. The van der Waals surface area contributed by atoms with Gasteiger partial charge in [0.1, 0.15) is 0 Å². The van der Waals surface area contributed by atoms with E-state index in [2.05, 4.69) is 31.1 Å². The molecule has 0 unspecified atom stereocenters. The molecule has 1 aliphatic heterocycles. The fourth-order valence-corrected chi connectivity index (χ4v) is 3.25. The van der Waals surface area contributed by atoms with Gasteiger partial charge in [0.25, 0.3) is 0 Å². The molecule has 1 heterocycles. The third-order valence-corrected chi connectivity index (χ3v) is 4.86. The Hall–Kier alpha value is -0.570. The Morgan fingerprint density at radius 2 is 1.71 bits per heavy atom. The second-order valence-corrected chi connectivity index (χ2v) is 6.37. The Morgan fingerprint density at radius 3 is 2.24 bits per heavy atom. The van der Waals surface area contributed by atoms with Crippen LogP contribution in [0.5, 0.6) is 0 Å². The number of likely N-dealkylation sites (tertiary alicyclic amines) is 1. The van der Waals surface area contributed by atoms with Gasteiger partial charge in [-0.15, -0.1) is 0 Å². The largest absolute Gasteiger partial charge is 0.349 e. The monoisotopic (exact) mass is 238 g/mol. The third kappa shape index (κ3) is 2.49. The van der Waals surface area contributed by atoms with E-state index in [1.807, 2.05) is 0 Å². The molecule has 1 saturated heterocycles. The molecule has 2 rings (SSSR count). The Bertz CT molecular complexity index is 297. The number of carbonyl (C=O) groups excluding carboxylic acids is 1. The van der Waals surface area contributed by atoms with Gasteiger partial charge < -0.3 is 5.32 Å². The standard InChI is InChI=1S/C14H26N2O/c1-13(8-5-4-6-9-13)15-12(17)14(2)10-7-11-16(14)3/h4-11H2,1-3H3,(H,15,17)/t14-/m1/s1. The van der Waals surface area contributed by atoms with Crippen molar-refractivity contribution in [3.05, 3.63) is 0 Å². The van der Waals surface area contributed by atoms with E-state index in [4.69, 9.17) is 0 Å². The van der Waals surface area contributed by atoms with Crippen LogP contribution in [0.1, 0.15) is 58.8 Å². The molecule has 0 radical (unpaired) electrons. The van der Waals surface area contributed by atoms with E-state index < -0.39 is 0 Å². The summed E-state index contributed by atoms with van der Waals surface area (Å²) in [6, 6.07) is 0. The van der Waals surface area contributed by atoms with Gasteiger partial charge in [0.15, 0.2) is 0 Å². The van der Waals surface area contributed by atoms with Gasteiger partial charge in [-0.3, -0.25) is 9.69 Å². The summed E-state index contributed by atoms with van der Waals surface area (Å²) in [6.07, 6.45) is 8.23. The zero-order valence-electron chi connectivity index (χ0n) is 11.5. The summed E-state index contributed by atoms with van der Waals surface area (Å²) < 4.78 is 0. The molecule has 1 aliphatic carbocycles. The van der Waals surface area contributed by atoms with E-state index in [1.54, 1.807) is 0 Å². The Kier molecular flexibility index (Phi) is 3.48. The lowest BCUT2D eigenvalue weighted by Crippen LogP contribution is -2.58. The average molecular weight is 238 g/mol. The van der Waals surface area contributed by atoms with Crippen LogP contribution >= 0.6 is 0 Å². The molecule has 0 spiro atoms. The highest BCUT2D eigenvalue weighted by molar-refractivity contribution is 5.86. The SMILES string of the molecule is CN1CCC[C@]1(C)C(=O)NC1(C)CCCCC1. The third-order valence-electron chi connectivity index (χ3n) is 4.86. The van der Waals surface area contributed by atoms with Crippen molar-refractivity contribution in [1.82, 2.24) is 10.2 Å². The van der Waals surface area contributed by atoms with Crippen LogP contribution < -0.4 is 5.32 Å². The number of hydrogen-bond acceptors (Lipinski definition) is 2. The van der Waals surface area contributed by atoms with Crippen molar-refractivity contribution in [3.8, 4) is 0 Å². The van der Waals surface area contributed by atoms with Crippen molar-refractivity contribution in [3.63, 3.8) is 0 Å². The summed E-state index contributed by atoms with van der Waals surface area (Å²) in [6.45, 7) is 5.34. The molecule has 3 heteroatoms. The molecule has 17 heavy (non-hydrogen) atoms. The number of likely N-dealkylation sites (N-methyl/N-ethyl adjacent to an activating group) is 1.